The highest BCUT2D eigenvalue weighted by Crippen LogP contribution is 2.56. The van der Waals surface area contributed by atoms with Crippen LogP contribution >= 0.6 is 11.6 Å². The molecule has 4 aliphatic heterocycles. The molecule has 1 atom stereocenters. The second-order valence-electron chi connectivity index (χ2n) is 18.4. The predicted molar refractivity (Wildman–Crippen MR) is 228 cm³/mol. The average Bonchev–Trinajstić information content (AvgIpc) is 3.49. The van der Waals surface area contributed by atoms with Crippen LogP contribution in [0.4, 0.5) is 24.5 Å². The van der Waals surface area contributed by atoms with Gasteiger partial charge in [0.05, 0.1) is 27.3 Å². The Balaban J connectivity index is 0.844. The van der Waals surface area contributed by atoms with Crippen molar-refractivity contribution in [2.45, 2.75) is 77.7 Å². The lowest BCUT2D eigenvalue weighted by molar-refractivity contribution is -0.164. The van der Waals surface area contributed by atoms with Crippen LogP contribution in [0.25, 0.3) is 0 Å². The molecule has 8 rings (SSSR count). The number of piperidine rings is 2. The first-order valence-electron chi connectivity index (χ1n) is 21.2. The molecule has 0 aromatic heterocycles. The standard InChI is InChI=1S/C46H49ClF3N7O6/c1-44(2)42(45(3,4)43(44)63-30-8-5-28(24-51)34(47)23-30)53-38(59)27-6-10-35(33(21-27)46(48,49)50)56-15-13-26(14-16-56)25-54-17-19-55(20-18-54)29-7-9-31-32(22-29)41(62)57(40(31)61)36-11-12-37(58)52-39(36)60/h5-10,21-23,26,36,42-43H,11-20,25H2,1-4H3,(H,53,59)(H,52,58,60)/t36?,42-,43-. The maximum absolute atomic E-state index is 14.7. The van der Waals surface area contributed by atoms with Gasteiger partial charge in [-0.05, 0) is 73.7 Å². The Morgan fingerprint density at radius 3 is 2.19 bits per heavy atom. The molecule has 4 heterocycles. The highest BCUT2D eigenvalue weighted by molar-refractivity contribution is 6.31. The summed E-state index contributed by atoms with van der Waals surface area (Å²) in [6.45, 7) is 12.2. The van der Waals surface area contributed by atoms with E-state index in [4.69, 9.17) is 16.3 Å². The highest BCUT2D eigenvalue weighted by Gasteiger charge is 2.64. The van der Waals surface area contributed by atoms with Crippen molar-refractivity contribution in [2.75, 3.05) is 55.6 Å². The van der Waals surface area contributed by atoms with Gasteiger partial charge in [-0.1, -0.05) is 39.3 Å². The third-order valence-electron chi connectivity index (χ3n) is 13.6. The number of nitrogens with zero attached hydrogens (tertiary/aromatic N) is 5. The van der Waals surface area contributed by atoms with Gasteiger partial charge < -0.3 is 19.9 Å². The van der Waals surface area contributed by atoms with Crippen molar-refractivity contribution >= 4 is 52.5 Å². The van der Waals surface area contributed by atoms with Crippen molar-refractivity contribution < 1.29 is 41.9 Å². The predicted octanol–water partition coefficient (Wildman–Crippen LogP) is 6.28. The van der Waals surface area contributed by atoms with Crippen molar-refractivity contribution in [3.8, 4) is 11.8 Å². The van der Waals surface area contributed by atoms with Crippen LogP contribution in [0.3, 0.4) is 0 Å². The van der Waals surface area contributed by atoms with E-state index in [0.717, 1.165) is 36.3 Å². The molecule has 13 nitrogen and oxygen atoms in total. The molecular formula is C46H49ClF3N7O6. The molecule has 4 fully saturated rings. The fraction of sp³-hybridized carbons (Fsp3) is 0.478. The van der Waals surface area contributed by atoms with Crippen LogP contribution in [0.15, 0.2) is 54.6 Å². The van der Waals surface area contributed by atoms with Crippen molar-refractivity contribution in [2.24, 2.45) is 16.7 Å². The van der Waals surface area contributed by atoms with Gasteiger partial charge >= 0.3 is 6.18 Å². The van der Waals surface area contributed by atoms with Crippen LogP contribution in [0.5, 0.6) is 5.75 Å². The maximum Gasteiger partial charge on any atom is 0.418 e. The van der Waals surface area contributed by atoms with E-state index in [-0.39, 0.29) is 52.3 Å². The third kappa shape index (κ3) is 8.21. The molecule has 5 aliphatic rings. The summed E-state index contributed by atoms with van der Waals surface area (Å²) in [6, 6.07) is 14.3. The van der Waals surface area contributed by atoms with Gasteiger partial charge in [0.1, 0.15) is 24.0 Å². The van der Waals surface area contributed by atoms with E-state index in [1.54, 1.807) is 41.3 Å². The Morgan fingerprint density at radius 2 is 1.56 bits per heavy atom. The summed E-state index contributed by atoms with van der Waals surface area (Å²) in [6.07, 6.45) is -3.52. The van der Waals surface area contributed by atoms with E-state index in [9.17, 15) is 42.4 Å². The van der Waals surface area contributed by atoms with Gasteiger partial charge in [-0.3, -0.25) is 39.1 Å². The summed E-state index contributed by atoms with van der Waals surface area (Å²) < 4.78 is 50.3. The Bertz CT molecular complexity index is 2400. The molecule has 1 aliphatic carbocycles. The minimum Gasteiger partial charge on any atom is -0.489 e. The van der Waals surface area contributed by atoms with E-state index in [1.807, 2.05) is 33.8 Å². The molecule has 332 valence electrons. The zero-order valence-electron chi connectivity index (χ0n) is 35.5. The van der Waals surface area contributed by atoms with Crippen molar-refractivity contribution in [3.63, 3.8) is 0 Å². The number of rotatable bonds is 9. The summed E-state index contributed by atoms with van der Waals surface area (Å²) in [4.78, 5) is 71.4. The number of imide groups is 2. The average molecular weight is 888 g/mol. The number of carbonyl (C=O) groups excluding carboxylic acids is 5. The fourth-order valence-electron chi connectivity index (χ4n) is 10.6. The first kappa shape index (κ1) is 44.0. The monoisotopic (exact) mass is 887 g/mol. The number of piperazine rings is 1. The van der Waals surface area contributed by atoms with Crippen LogP contribution in [-0.2, 0) is 15.8 Å². The molecular weight excluding hydrogens is 839 g/mol. The van der Waals surface area contributed by atoms with E-state index in [0.29, 0.717) is 50.3 Å². The van der Waals surface area contributed by atoms with Crippen molar-refractivity contribution in [3.05, 3.63) is 87.4 Å². The number of alkyl halides is 3. The molecule has 0 spiro atoms. The van der Waals surface area contributed by atoms with Crippen molar-refractivity contribution in [1.29, 1.82) is 5.26 Å². The number of amides is 5. The van der Waals surface area contributed by atoms with Gasteiger partial charge in [0.15, 0.2) is 0 Å². The Labute approximate surface area is 368 Å². The molecule has 1 saturated carbocycles. The fourth-order valence-corrected chi connectivity index (χ4v) is 10.8. The number of halogens is 4. The molecule has 3 saturated heterocycles. The molecule has 2 N–H and O–H groups in total. The lowest BCUT2D eigenvalue weighted by Gasteiger charge is -2.63. The summed E-state index contributed by atoms with van der Waals surface area (Å²) in [7, 11) is 0. The number of nitriles is 1. The molecule has 3 aromatic carbocycles. The number of benzene rings is 3. The minimum absolute atomic E-state index is 0.0475. The van der Waals surface area contributed by atoms with Gasteiger partial charge in [-0.2, -0.15) is 18.4 Å². The maximum atomic E-state index is 14.7. The number of ether oxygens (including phenoxy) is 1. The smallest absolute Gasteiger partial charge is 0.418 e. The zero-order valence-corrected chi connectivity index (χ0v) is 36.2. The van der Waals surface area contributed by atoms with Crippen LogP contribution in [-0.4, -0.2) is 103 Å². The van der Waals surface area contributed by atoms with Crippen LogP contribution in [0.2, 0.25) is 5.02 Å². The molecule has 0 bridgehead atoms. The molecule has 1 unspecified atom stereocenters. The Kier molecular flexibility index (Phi) is 11.5. The lowest BCUT2D eigenvalue weighted by Crippen LogP contribution is -2.74. The molecule has 63 heavy (non-hydrogen) atoms. The highest BCUT2D eigenvalue weighted by atomic mass is 35.5. The van der Waals surface area contributed by atoms with Gasteiger partial charge in [0.2, 0.25) is 11.8 Å². The number of carbonyl (C=O) groups is 5. The number of nitrogens with one attached hydrogen (secondary N) is 2. The number of hydrogen-bond donors (Lipinski definition) is 2. The van der Waals surface area contributed by atoms with Gasteiger partial charge in [0.25, 0.3) is 17.7 Å². The Morgan fingerprint density at radius 1 is 0.873 bits per heavy atom. The van der Waals surface area contributed by atoms with E-state index in [2.05, 4.69) is 20.4 Å². The number of hydrogen-bond acceptors (Lipinski definition) is 10. The second kappa shape index (κ2) is 16.5. The Hall–Kier alpha value is -5.66. The second-order valence-corrected chi connectivity index (χ2v) is 18.8. The van der Waals surface area contributed by atoms with E-state index in [1.165, 1.54) is 12.1 Å². The van der Waals surface area contributed by atoms with Gasteiger partial charge in [-0.25, -0.2) is 0 Å². The van der Waals surface area contributed by atoms with Gasteiger partial charge in [0, 0.05) is 92.1 Å². The largest absolute Gasteiger partial charge is 0.489 e. The third-order valence-corrected chi connectivity index (χ3v) is 13.9. The number of anilines is 2. The summed E-state index contributed by atoms with van der Waals surface area (Å²) in [5.41, 5.74) is -0.491. The van der Waals surface area contributed by atoms with Crippen LogP contribution in [0.1, 0.15) is 95.6 Å². The minimum atomic E-state index is -4.69. The zero-order chi connectivity index (χ0) is 45.2. The van der Waals surface area contributed by atoms with Crippen molar-refractivity contribution in [1.82, 2.24) is 20.4 Å². The molecule has 17 heteroatoms. The first-order valence-corrected chi connectivity index (χ1v) is 21.6. The normalized spacial score (nSPS) is 23.8. The van der Waals surface area contributed by atoms with Crippen LogP contribution < -0.4 is 25.2 Å². The number of fused-ring (bicyclic) bond motifs is 1. The van der Waals surface area contributed by atoms with Crippen LogP contribution in [0, 0.1) is 28.1 Å². The first-order chi connectivity index (χ1) is 29.8. The molecule has 3 aromatic rings. The SMILES string of the molecule is CC1(C)[C@H](NC(=O)c2ccc(N3CCC(CN4CCN(c5ccc6c(c5)C(=O)N(C5CCC(=O)NC5=O)C6=O)CC4)CC3)c(C(F)(F)F)c2)C(C)(C)[C@H]1Oc1ccc(C#N)c(Cl)c1. The quantitative estimate of drug-likeness (QED) is 0.235. The molecule has 0 radical (unpaired) electrons. The molecule has 5 amide bonds. The van der Waals surface area contributed by atoms with Gasteiger partial charge in [-0.15, -0.1) is 0 Å². The lowest BCUT2D eigenvalue weighted by atomic mass is 9.49. The topological polar surface area (TPSA) is 155 Å². The summed E-state index contributed by atoms with van der Waals surface area (Å²) in [5.74, 6) is -2.03. The van der Waals surface area contributed by atoms with E-state index < -0.39 is 64.2 Å². The van der Waals surface area contributed by atoms with E-state index >= 15 is 0 Å². The summed E-state index contributed by atoms with van der Waals surface area (Å²) >= 11 is 6.22. The summed E-state index contributed by atoms with van der Waals surface area (Å²) in [5, 5.41) is 14.7.